The molecule has 0 aliphatic carbocycles. The third-order valence-corrected chi connectivity index (χ3v) is 3.29. The van der Waals surface area contributed by atoms with Crippen LogP contribution < -0.4 is 16.2 Å². The van der Waals surface area contributed by atoms with Gasteiger partial charge in [-0.2, -0.15) is 5.10 Å². The van der Waals surface area contributed by atoms with E-state index in [2.05, 4.69) is 37.6 Å². The number of amides is 1. The first-order valence-corrected chi connectivity index (χ1v) is 7.08. The molecule has 1 amide bonds. The number of methoxy groups -OCH3 is 1. The van der Waals surface area contributed by atoms with Crippen LogP contribution in [0.15, 0.2) is 15.5 Å². The van der Waals surface area contributed by atoms with Gasteiger partial charge < -0.3 is 15.4 Å². The number of nitrogens with zero attached hydrogens (tertiary/aromatic N) is 2. The fourth-order valence-corrected chi connectivity index (χ4v) is 1.93. The zero-order chi connectivity index (χ0) is 15.7. The summed E-state index contributed by atoms with van der Waals surface area (Å²) in [5.74, 6) is 2.26. The van der Waals surface area contributed by atoms with Crippen LogP contribution in [-0.2, 0) is 16.1 Å². The molecule has 0 spiro atoms. The molecule has 1 heterocycles. The zero-order valence-electron chi connectivity index (χ0n) is 11.7. The van der Waals surface area contributed by atoms with Gasteiger partial charge in [-0.05, 0) is 15.9 Å². The van der Waals surface area contributed by atoms with Gasteiger partial charge in [-0.15, -0.1) is 6.42 Å². The number of aromatic nitrogens is 2. The summed E-state index contributed by atoms with van der Waals surface area (Å²) in [5.41, 5.74) is 0.209. The molecule has 21 heavy (non-hydrogen) atoms. The van der Waals surface area contributed by atoms with Crippen LogP contribution in [0.2, 0.25) is 0 Å². The standard InChI is InChI=1S/C13H17BrN4O3/c1-3-7-18-13(20)12(14)10(9-17-18)15-5-4-11(19)16-6-8-21-2/h1,9,15H,4-8H2,2H3,(H,16,19). The van der Waals surface area contributed by atoms with E-state index in [4.69, 9.17) is 11.2 Å². The van der Waals surface area contributed by atoms with Gasteiger partial charge in [-0.25, -0.2) is 4.68 Å². The Morgan fingerprint density at radius 2 is 2.33 bits per heavy atom. The van der Waals surface area contributed by atoms with E-state index in [0.29, 0.717) is 29.9 Å². The molecule has 0 unspecified atom stereocenters. The van der Waals surface area contributed by atoms with Crippen LogP contribution in [-0.4, -0.2) is 42.5 Å². The lowest BCUT2D eigenvalue weighted by atomic mass is 10.3. The van der Waals surface area contributed by atoms with Gasteiger partial charge in [0.1, 0.15) is 11.0 Å². The summed E-state index contributed by atoms with van der Waals surface area (Å²) in [4.78, 5) is 23.4. The summed E-state index contributed by atoms with van der Waals surface area (Å²) in [5, 5.41) is 9.62. The second-order valence-electron chi connectivity index (χ2n) is 4.06. The summed E-state index contributed by atoms with van der Waals surface area (Å²) in [6, 6.07) is 0. The van der Waals surface area contributed by atoms with Crippen molar-refractivity contribution in [3.8, 4) is 12.3 Å². The average molecular weight is 357 g/mol. The summed E-state index contributed by atoms with van der Waals surface area (Å²) >= 11 is 3.20. The number of nitrogens with one attached hydrogen (secondary N) is 2. The van der Waals surface area contributed by atoms with Gasteiger partial charge in [0.25, 0.3) is 5.56 Å². The Balaban J connectivity index is 2.50. The maximum Gasteiger partial charge on any atom is 0.284 e. The van der Waals surface area contributed by atoms with Gasteiger partial charge in [0, 0.05) is 26.6 Å². The molecule has 7 nitrogen and oxygen atoms in total. The van der Waals surface area contributed by atoms with Crippen molar-refractivity contribution in [2.45, 2.75) is 13.0 Å². The van der Waals surface area contributed by atoms with Crippen molar-refractivity contribution in [3.63, 3.8) is 0 Å². The monoisotopic (exact) mass is 356 g/mol. The number of halogens is 1. The molecular weight excluding hydrogens is 340 g/mol. The summed E-state index contributed by atoms with van der Waals surface area (Å²) in [6.07, 6.45) is 6.92. The number of hydrogen-bond acceptors (Lipinski definition) is 5. The van der Waals surface area contributed by atoms with E-state index in [-0.39, 0.29) is 24.4 Å². The first-order chi connectivity index (χ1) is 10.1. The molecule has 1 rings (SSSR count). The Hall–Kier alpha value is -1.85. The largest absolute Gasteiger partial charge is 0.383 e. The fraction of sp³-hybridized carbons (Fsp3) is 0.462. The smallest absolute Gasteiger partial charge is 0.284 e. The first kappa shape index (κ1) is 17.2. The molecule has 0 atom stereocenters. The Morgan fingerprint density at radius 3 is 3.00 bits per heavy atom. The molecule has 0 aromatic carbocycles. The number of anilines is 1. The molecule has 1 aromatic heterocycles. The third kappa shape index (κ3) is 5.57. The molecular formula is C13H17BrN4O3. The molecule has 0 aliphatic heterocycles. The molecule has 0 aliphatic rings. The van der Waals surface area contributed by atoms with E-state index in [9.17, 15) is 9.59 Å². The van der Waals surface area contributed by atoms with E-state index in [1.165, 1.54) is 10.9 Å². The third-order valence-electron chi connectivity index (χ3n) is 2.52. The van der Waals surface area contributed by atoms with Crippen LogP contribution >= 0.6 is 15.9 Å². The second-order valence-corrected chi connectivity index (χ2v) is 4.85. The van der Waals surface area contributed by atoms with E-state index >= 15 is 0 Å². The lowest BCUT2D eigenvalue weighted by Gasteiger charge is -2.09. The lowest BCUT2D eigenvalue weighted by molar-refractivity contribution is -0.121. The minimum atomic E-state index is -0.317. The minimum absolute atomic E-state index is 0.0932. The van der Waals surface area contributed by atoms with Crippen molar-refractivity contribution in [3.05, 3.63) is 21.0 Å². The average Bonchev–Trinajstić information content (AvgIpc) is 2.47. The highest BCUT2D eigenvalue weighted by Gasteiger charge is 2.08. The zero-order valence-corrected chi connectivity index (χ0v) is 13.3. The normalized spacial score (nSPS) is 9.95. The van der Waals surface area contributed by atoms with Gasteiger partial charge >= 0.3 is 0 Å². The van der Waals surface area contributed by atoms with Crippen LogP contribution in [0.5, 0.6) is 0 Å². The number of hydrogen-bond donors (Lipinski definition) is 2. The van der Waals surface area contributed by atoms with Crippen LogP contribution in [0, 0.1) is 12.3 Å². The lowest BCUT2D eigenvalue weighted by Crippen LogP contribution is -2.29. The highest BCUT2D eigenvalue weighted by molar-refractivity contribution is 9.10. The first-order valence-electron chi connectivity index (χ1n) is 6.28. The van der Waals surface area contributed by atoms with Crippen molar-refractivity contribution in [1.29, 1.82) is 0 Å². The molecule has 0 radical (unpaired) electrons. The molecule has 0 fully saturated rings. The minimum Gasteiger partial charge on any atom is -0.383 e. The van der Waals surface area contributed by atoms with Crippen LogP contribution in [0.4, 0.5) is 5.69 Å². The van der Waals surface area contributed by atoms with Crippen LogP contribution in [0.25, 0.3) is 0 Å². The predicted octanol–water partition coefficient (Wildman–Crippen LogP) is 0.204. The fourth-order valence-electron chi connectivity index (χ4n) is 1.48. The van der Waals surface area contributed by atoms with Crippen molar-refractivity contribution in [2.24, 2.45) is 0 Å². The van der Waals surface area contributed by atoms with Crippen LogP contribution in [0.3, 0.4) is 0 Å². The second kappa shape index (κ2) is 9.15. The van der Waals surface area contributed by atoms with Gasteiger partial charge in [0.05, 0.1) is 18.5 Å². The summed E-state index contributed by atoms with van der Waals surface area (Å²) in [6.45, 7) is 1.45. The Bertz CT molecular complexity index is 580. The van der Waals surface area contributed by atoms with Gasteiger partial charge in [-0.3, -0.25) is 9.59 Å². The maximum atomic E-state index is 11.9. The molecule has 0 bridgehead atoms. The number of carbonyl (C=O) groups is 1. The van der Waals surface area contributed by atoms with Crippen molar-refractivity contribution in [2.75, 3.05) is 32.1 Å². The van der Waals surface area contributed by atoms with Gasteiger partial charge in [-0.1, -0.05) is 5.92 Å². The number of terminal acetylenes is 1. The van der Waals surface area contributed by atoms with Crippen molar-refractivity contribution in [1.82, 2.24) is 15.1 Å². The van der Waals surface area contributed by atoms with E-state index < -0.39 is 0 Å². The molecule has 0 saturated carbocycles. The van der Waals surface area contributed by atoms with Gasteiger partial charge in [0.15, 0.2) is 0 Å². The Labute approximate surface area is 131 Å². The number of ether oxygens (including phenoxy) is 1. The maximum absolute atomic E-state index is 11.9. The number of carbonyl (C=O) groups excluding carboxylic acids is 1. The Morgan fingerprint density at radius 1 is 1.57 bits per heavy atom. The quantitative estimate of drug-likeness (QED) is 0.513. The van der Waals surface area contributed by atoms with Gasteiger partial charge in [0.2, 0.25) is 5.91 Å². The molecule has 2 N–H and O–H groups in total. The summed E-state index contributed by atoms with van der Waals surface area (Å²) < 4.78 is 6.34. The SMILES string of the molecule is C#CCn1ncc(NCCC(=O)NCCOC)c(Br)c1=O. The molecule has 1 aromatic rings. The number of rotatable bonds is 8. The molecule has 114 valence electrons. The highest BCUT2D eigenvalue weighted by Crippen LogP contribution is 2.15. The molecule has 0 saturated heterocycles. The van der Waals surface area contributed by atoms with Crippen molar-refractivity contribution >= 4 is 27.5 Å². The van der Waals surface area contributed by atoms with E-state index in [0.717, 1.165) is 0 Å². The van der Waals surface area contributed by atoms with Crippen molar-refractivity contribution < 1.29 is 9.53 Å². The molecule has 8 heteroatoms. The predicted molar refractivity (Wildman–Crippen MR) is 83.0 cm³/mol. The Kier molecular flexibility index (Phi) is 7.50. The summed E-state index contributed by atoms with van der Waals surface area (Å²) in [7, 11) is 1.57. The van der Waals surface area contributed by atoms with Crippen LogP contribution in [0.1, 0.15) is 6.42 Å². The highest BCUT2D eigenvalue weighted by atomic mass is 79.9. The topological polar surface area (TPSA) is 85.2 Å². The van der Waals surface area contributed by atoms with E-state index in [1.54, 1.807) is 7.11 Å². The van der Waals surface area contributed by atoms with E-state index in [1.807, 2.05) is 0 Å².